The van der Waals surface area contributed by atoms with Crippen molar-refractivity contribution in [2.24, 2.45) is 34.5 Å². The topological polar surface area (TPSA) is 69.6 Å². The van der Waals surface area contributed by atoms with Crippen molar-refractivity contribution in [2.75, 3.05) is 13.1 Å². The molecule has 0 aromatic carbocycles. The van der Waals surface area contributed by atoms with Gasteiger partial charge in [-0.1, -0.05) is 41.5 Å². The molecule has 2 aliphatic carbocycles. The Labute approximate surface area is 183 Å². The summed E-state index contributed by atoms with van der Waals surface area (Å²) in [6.45, 7) is 14.5. The van der Waals surface area contributed by atoms with Gasteiger partial charge in [0.15, 0.2) is 0 Å². The maximum atomic E-state index is 13.0. The Hall–Kier alpha value is -1.10. The van der Waals surface area contributed by atoms with Crippen LogP contribution in [0.1, 0.15) is 86.5 Å². The summed E-state index contributed by atoms with van der Waals surface area (Å²) in [6.07, 6.45) is 6.21. The number of nitrogens with one attached hydrogen (secondary N) is 1. The van der Waals surface area contributed by atoms with Crippen LogP contribution in [-0.4, -0.2) is 47.1 Å². The summed E-state index contributed by atoms with van der Waals surface area (Å²) >= 11 is 0. The van der Waals surface area contributed by atoms with E-state index in [0.29, 0.717) is 6.42 Å². The van der Waals surface area contributed by atoms with Gasteiger partial charge in [-0.15, -0.1) is 0 Å². The first-order valence-electron chi connectivity index (χ1n) is 12.2. The van der Waals surface area contributed by atoms with Gasteiger partial charge in [0, 0.05) is 31.5 Å². The van der Waals surface area contributed by atoms with E-state index in [0.717, 1.165) is 51.6 Å². The maximum absolute atomic E-state index is 13.0. The van der Waals surface area contributed by atoms with E-state index in [1.807, 2.05) is 11.8 Å². The monoisotopic (exact) mass is 420 g/mol. The van der Waals surface area contributed by atoms with Crippen LogP contribution in [0.3, 0.4) is 0 Å². The number of aliphatic hydroxyl groups is 1. The van der Waals surface area contributed by atoms with Crippen LogP contribution in [0, 0.1) is 34.5 Å². The van der Waals surface area contributed by atoms with Crippen molar-refractivity contribution < 1.29 is 14.7 Å². The van der Waals surface area contributed by atoms with Gasteiger partial charge < -0.3 is 15.3 Å². The van der Waals surface area contributed by atoms with Crippen molar-refractivity contribution in [3.05, 3.63) is 0 Å². The fraction of sp³-hybridized carbons (Fsp3) is 0.920. The molecule has 0 bridgehead atoms. The van der Waals surface area contributed by atoms with E-state index in [1.54, 1.807) is 0 Å². The maximum Gasteiger partial charge on any atom is 0.225 e. The summed E-state index contributed by atoms with van der Waals surface area (Å²) in [7, 11) is 0. The molecule has 7 unspecified atom stereocenters. The molecule has 5 nitrogen and oxygen atoms in total. The highest BCUT2D eigenvalue weighted by atomic mass is 16.3. The Morgan fingerprint density at radius 3 is 2.37 bits per heavy atom. The minimum atomic E-state index is -0.484. The van der Waals surface area contributed by atoms with E-state index in [9.17, 15) is 14.7 Å². The number of amides is 2. The molecule has 2 saturated carbocycles. The van der Waals surface area contributed by atoms with Gasteiger partial charge in [0.2, 0.25) is 11.8 Å². The highest BCUT2D eigenvalue weighted by Gasteiger charge is 2.54. The van der Waals surface area contributed by atoms with Crippen LogP contribution in [0.5, 0.6) is 0 Å². The van der Waals surface area contributed by atoms with Crippen LogP contribution in [0.2, 0.25) is 0 Å². The molecule has 0 aromatic heterocycles. The molecule has 172 valence electrons. The van der Waals surface area contributed by atoms with Gasteiger partial charge in [0.1, 0.15) is 0 Å². The van der Waals surface area contributed by atoms with Gasteiger partial charge in [0.25, 0.3) is 0 Å². The summed E-state index contributed by atoms with van der Waals surface area (Å²) in [5.74, 6) is 0.549. The number of hydrogen-bond donors (Lipinski definition) is 2. The Kier molecular flexibility index (Phi) is 6.91. The fourth-order valence-electron chi connectivity index (χ4n) is 6.65. The predicted molar refractivity (Wildman–Crippen MR) is 120 cm³/mol. The average Bonchev–Trinajstić information content (AvgIpc) is 3.16. The third-order valence-electron chi connectivity index (χ3n) is 8.37. The standard InChI is InChI=1S/C25H44N2O3/c1-16(23(30)27-13-7-8-14-27)18-9-11-25(6)12-10-19(17(2)21(25)22(18)29)26-20(28)15-24(3,4)5/h16-19,21-22,29H,7-15H2,1-6H3,(H,26,28). The molecular formula is C25H44N2O3. The van der Waals surface area contributed by atoms with Crippen molar-refractivity contribution in [3.8, 4) is 0 Å². The van der Waals surface area contributed by atoms with Crippen molar-refractivity contribution in [1.29, 1.82) is 0 Å². The lowest BCUT2D eigenvalue weighted by Crippen LogP contribution is -2.58. The molecule has 0 spiro atoms. The zero-order valence-corrected chi connectivity index (χ0v) is 20.0. The largest absolute Gasteiger partial charge is 0.392 e. The summed E-state index contributed by atoms with van der Waals surface area (Å²) < 4.78 is 0. The highest BCUT2D eigenvalue weighted by molar-refractivity contribution is 5.79. The summed E-state index contributed by atoms with van der Waals surface area (Å²) in [5.41, 5.74) is 0.0638. The minimum Gasteiger partial charge on any atom is -0.392 e. The Morgan fingerprint density at radius 1 is 1.17 bits per heavy atom. The van der Waals surface area contributed by atoms with Crippen molar-refractivity contribution >= 4 is 11.8 Å². The fourth-order valence-corrected chi connectivity index (χ4v) is 6.65. The van der Waals surface area contributed by atoms with E-state index in [4.69, 9.17) is 0 Å². The van der Waals surface area contributed by atoms with Crippen LogP contribution in [-0.2, 0) is 9.59 Å². The third-order valence-corrected chi connectivity index (χ3v) is 8.37. The number of carbonyl (C=O) groups is 2. The van der Waals surface area contributed by atoms with Crippen LogP contribution >= 0.6 is 0 Å². The molecule has 3 aliphatic rings. The predicted octanol–water partition coefficient (Wildman–Crippen LogP) is 3.99. The number of hydrogen-bond acceptors (Lipinski definition) is 3. The molecule has 30 heavy (non-hydrogen) atoms. The lowest BCUT2D eigenvalue weighted by Gasteiger charge is -2.56. The summed E-state index contributed by atoms with van der Waals surface area (Å²) in [4.78, 5) is 27.6. The molecule has 3 fully saturated rings. The number of carbonyl (C=O) groups excluding carboxylic acids is 2. The van der Waals surface area contributed by atoms with E-state index in [1.165, 1.54) is 0 Å². The van der Waals surface area contributed by atoms with Gasteiger partial charge in [-0.3, -0.25) is 9.59 Å². The zero-order valence-electron chi connectivity index (χ0n) is 20.0. The van der Waals surface area contributed by atoms with Crippen LogP contribution in [0.15, 0.2) is 0 Å². The second-order valence-corrected chi connectivity index (χ2v) is 12.0. The lowest BCUT2D eigenvalue weighted by atomic mass is 9.51. The molecule has 3 rings (SSSR count). The van der Waals surface area contributed by atoms with Crippen molar-refractivity contribution in [3.63, 3.8) is 0 Å². The number of fused-ring (bicyclic) bond motifs is 1. The van der Waals surface area contributed by atoms with Crippen LogP contribution in [0.25, 0.3) is 0 Å². The Bertz CT molecular complexity index is 637. The first kappa shape index (κ1) is 23.6. The number of aliphatic hydroxyl groups excluding tert-OH is 1. The average molecular weight is 421 g/mol. The van der Waals surface area contributed by atoms with E-state index >= 15 is 0 Å². The smallest absolute Gasteiger partial charge is 0.225 e. The second kappa shape index (κ2) is 8.80. The second-order valence-electron chi connectivity index (χ2n) is 12.0. The molecule has 2 N–H and O–H groups in total. The van der Waals surface area contributed by atoms with Crippen molar-refractivity contribution in [2.45, 2.75) is 98.6 Å². The Morgan fingerprint density at radius 2 is 1.77 bits per heavy atom. The Balaban J connectivity index is 1.70. The lowest BCUT2D eigenvalue weighted by molar-refractivity contribution is -0.150. The van der Waals surface area contributed by atoms with Crippen molar-refractivity contribution in [1.82, 2.24) is 10.2 Å². The number of nitrogens with zero attached hydrogens (tertiary/aromatic N) is 1. The number of likely N-dealkylation sites (tertiary alicyclic amines) is 1. The molecule has 2 amide bonds. The minimum absolute atomic E-state index is 0.0163. The molecule has 7 atom stereocenters. The van der Waals surface area contributed by atoms with Crippen LogP contribution in [0.4, 0.5) is 0 Å². The molecular weight excluding hydrogens is 376 g/mol. The van der Waals surface area contributed by atoms with E-state index in [2.05, 4.69) is 39.9 Å². The van der Waals surface area contributed by atoms with E-state index < -0.39 is 6.10 Å². The first-order chi connectivity index (χ1) is 13.9. The quantitative estimate of drug-likeness (QED) is 0.722. The summed E-state index contributed by atoms with van der Waals surface area (Å²) in [5, 5.41) is 14.8. The van der Waals surface area contributed by atoms with Crippen LogP contribution < -0.4 is 5.32 Å². The summed E-state index contributed by atoms with van der Waals surface area (Å²) in [6, 6.07) is 0.107. The molecule has 5 heteroatoms. The zero-order chi connectivity index (χ0) is 22.3. The highest BCUT2D eigenvalue weighted by Crippen LogP contribution is 2.55. The number of rotatable bonds is 4. The van der Waals surface area contributed by atoms with Gasteiger partial charge in [-0.2, -0.15) is 0 Å². The molecule has 1 saturated heterocycles. The van der Waals surface area contributed by atoms with E-state index in [-0.39, 0.29) is 52.4 Å². The normalized spacial score (nSPS) is 38.1. The third kappa shape index (κ3) is 4.87. The first-order valence-corrected chi connectivity index (χ1v) is 12.2. The SMILES string of the molecule is CC(C(=O)N1CCCC1)C1CCC2(C)CCC(NC(=O)CC(C)(C)C)C(C)C2C1O. The molecule has 0 radical (unpaired) electrons. The van der Waals surface area contributed by atoms with Gasteiger partial charge in [0.05, 0.1) is 6.10 Å². The molecule has 1 aliphatic heterocycles. The molecule has 1 heterocycles. The molecule has 0 aromatic rings. The van der Waals surface area contributed by atoms with Gasteiger partial charge >= 0.3 is 0 Å². The van der Waals surface area contributed by atoms with Gasteiger partial charge in [-0.05, 0) is 67.1 Å². The van der Waals surface area contributed by atoms with Gasteiger partial charge in [-0.25, -0.2) is 0 Å².